The number of benzene rings is 2. The van der Waals surface area contributed by atoms with E-state index in [4.69, 9.17) is 4.98 Å². The van der Waals surface area contributed by atoms with Gasteiger partial charge in [-0.1, -0.05) is 48.5 Å². The number of fused-ring (bicyclic) bond motifs is 2. The van der Waals surface area contributed by atoms with Gasteiger partial charge in [-0.25, -0.2) is 14.1 Å². The highest BCUT2D eigenvalue weighted by Gasteiger charge is 2.18. The predicted molar refractivity (Wildman–Crippen MR) is 133 cm³/mol. The Bertz CT molecular complexity index is 1710. The Balaban J connectivity index is 1.38. The summed E-state index contributed by atoms with van der Waals surface area (Å²) in [7, 11) is 0. The van der Waals surface area contributed by atoms with E-state index < -0.39 is 0 Å². The second-order valence-corrected chi connectivity index (χ2v) is 8.32. The van der Waals surface area contributed by atoms with Gasteiger partial charge < -0.3 is 5.32 Å². The lowest BCUT2D eigenvalue weighted by Crippen LogP contribution is -2.24. The van der Waals surface area contributed by atoms with E-state index in [1.807, 2.05) is 65.2 Å². The van der Waals surface area contributed by atoms with Crippen LogP contribution in [0.2, 0.25) is 0 Å². The number of pyridine rings is 2. The third kappa shape index (κ3) is 4.07. The number of halogens is 1. The number of rotatable bonds is 6. The minimum absolute atomic E-state index is 0.200. The zero-order valence-electron chi connectivity index (χ0n) is 19.0. The van der Waals surface area contributed by atoms with Crippen LogP contribution in [0.15, 0.2) is 91.3 Å². The normalized spacial score (nSPS) is 11.2. The van der Waals surface area contributed by atoms with Gasteiger partial charge in [0.05, 0.1) is 35.9 Å². The Hall–Kier alpha value is -4.92. The van der Waals surface area contributed by atoms with Crippen LogP contribution < -0.4 is 5.32 Å². The summed E-state index contributed by atoms with van der Waals surface area (Å²) in [6, 6.07) is 23.4. The number of hydrogen-bond donors (Lipinski definition) is 1. The number of nitrogens with zero attached hydrogens (tertiary/aromatic N) is 6. The van der Waals surface area contributed by atoms with Crippen molar-refractivity contribution in [2.45, 2.75) is 13.1 Å². The summed E-state index contributed by atoms with van der Waals surface area (Å²) >= 11 is 0. The van der Waals surface area contributed by atoms with Crippen LogP contribution in [0.4, 0.5) is 4.39 Å². The maximum Gasteiger partial charge on any atom is 0.252 e. The topological polar surface area (TPSA) is 90.0 Å². The van der Waals surface area contributed by atoms with E-state index in [-0.39, 0.29) is 18.3 Å². The largest absolute Gasteiger partial charge is 0.345 e. The summed E-state index contributed by atoms with van der Waals surface area (Å²) in [5.74, 6) is 0.0230. The zero-order valence-corrected chi connectivity index (χ0v) is 19.0. The van der Waals surface area contributed by atoms with Gasteiger partial charge in [0.25, 0.3) is 5.91 Å². The van der Waals surface area contributed by atoms with Crippen LogP contribution in [0.3, 0.4) is 0 Å². The van der Waals surface area contributed by atoms with E-state index >= 15 is 0 Å². The van der Waals surface area contributed by atoms with Crippen LogP contribution in [0, 0.1) is 5.82 Å². The Morgan fingerprint density at radius 3 is 2.67 bits per heavy atom. The van der Waals surface area contributed by atoms with Crippen LogP contribution in [0.1, 0.15) is 21.7 Å². The van der Waals surface area contributed by atoms with E-state index in [0.29, 0.717) is 40.3 Å². The first kappa shape index (κ1) is 21.6. The second-order valence-electron chi connectivity index (χ2n) is 8.32. The lowest BCUT2D eigenvalue weighted by Gasteiger charge is -2.10. The summed E-state index contributed by atoms with van der Waals surface area (Å²) in [5.41, 5.74) is 3.95. The molecule has 0 saturated heterocycles. The van der Waals surface area contributed by atoms with Crippen LogP contribution in [-0.2, 0) is 13.1 Å². The summed E-state index contributed by atoms with van der Waals surface area (Å²) in [5, 5.41) is 16.4. The fourth-order valence-electron chi connectivity index (χ4n) is 4.18. The molecule has 6 aromatic rings. The van der Waals surface area contributed by atoms with Crippen LogP contribution >= 0.6 is 0 Å². The van der Waals surface area contributed by atoms with Gasteiger partial charge in [-0.15, -0.1) is 10.2 Å². The van der Waals surface area contributed by atoms with Gasteiger partial charge in [0.15, 0.2) is 17.1 Å². The van der Waals surface area contributed by atoms with E-state index in [0.717, 1.165) is 11.1 Å². The molecule has 8 nitrogen and oxygen atoms in total. The Morgan fingerprint density at radius 1 is 0.944 bits per heavy atom. The Labute approximate surface area is 205 Å². The number of amides is 1. The molecule has 176 valence electrons. The summed E-state index contributed by atoms with van der Waals surface area (Å²) in [4.78, 5) is 18.2. The number of nitrogens with one attached hydrogen (secondary N) is 1. The standard InChI is InChI=1S/C27H20FN7O/c28-20-10-6-7-18(13-20)17-35-26-22(15-30-35)21(14-23(31-26)19-8-2-1-3-9-19)27(36)29-16-25-33-32-24-11-4-5-12-34(24)25/h1-15H,16-17H2,(H,29,36). The highest BCUT2D eigenvalue weighted by molar-refractivity contribution is 6.06. The summed E-state index contributed by atoms with van der Waals surface area (Å²) in [6.45, 7) is 0.519. The van der Waals surface area contributed by atoms with Crippen molar-refractivity contribution < 1.29 is 9.18 Å². The van der Waals surface area contributed by atoms with Gasteiger partial charge in [-0.3, -0.25) is 9.20 Å². The van der Waals surface area contributed by atoms with Gasteiger partial charge in [-0.2, -0.15) is 5.10 Å². The van der Waals surface area contributed by atoms with Crippen LogP contribution in [0.25, 0.3) is 27.9 Å². The van der Waals surface area contributed by atoms with E-state index in [1.165, 1.54) is 12.1 Å². The first-order chi connectivity index (χ1) is 17.7. The third-order valence-electron chi connectivity index (χ3n) is 5.94. The van der Waals surface area contributed by atoms with Crippen LogP contribution in [0.5, 0.6) is 0 Å². The molecule has 0 aliphatic heterocycles. The SMILES string of the molecule is O=C(NCc1nnc2ccccn12)c1cc(-c2ccccc2)nc2c1cnn2Cc1cccc(F)c1. The molecule has 6 rings (SSSR count). The van der Waals surface area contributed by atoms with Gasteiger partial charge >= 0.3 is 0 Å². The average Bonchev–Trinajstić information content (AvgIpc) is 3.51. The molecule has 4 heterocycles. The molecule has 0 fully saturated rings. The molecule has 0 saturated carbocycles. The van der Waals surface area contributed by atoms with Crippen molar-refractivity contribution in [3.8, 4) is 11.3 Å². The lowest BCUT2D eigenvalue weighted by atomic mass is 10.1. The molecule has 0 radical (unpaired) electrons. The Morgan fingerprint density at radius 2 is 1.81 bits per heavy atom. The molecular weight excluding hydrogens is 457 g/mol. The zero-order chi connectivity index (χ0) is 24.5. The maximum atomic E-state index is 13.8. The third-order valence-corrected chi connectivity index (χ3v) is 5.94. The van der Waals surface area contributed by atoms with Crippen molar-refractivity contribution in [1.29, 1.82) is 0 Å². The van der Waals surface area contributed by atoms with E-state index in [9.17, 15) is 9.18 Å². The van der Waals surface area contributed by atoms with Crippen molar-refractivity contribution in [3.63, 3.8) is 0 Å². The molecule has 36 heavy (non-hydrogen) atoms. The first-order valence-electron chi connectivity index (χ1n) is 11.4. The highest BCUT2D eigenvalue weighted by Crippen LogP contribution is 2.25. The van der Waals surface area contributed by atoms with E-state index in [1.54, 1.807) is 23.0 Å². The molecule has 0 unspecified atom stereocenters. The lowest BCUT2D eigenvalue weighted by molar-refractivity contribution is 0.0951. The molecule has 4 aromatic heterocycles. The molecule has 0 spiro atoms. The monoisotopic (exact) mass is 477 g/mol. The number of carbonyl (C=O) groups excluding carboxylic acids is 1. The minimum Gasteiger partial charge on any atom is -0.345 e. The van der Waals surface area contributed by atoms with Gasteiger partial charge in [0.1, 0.15) is 5.82 Å². The van der Waals surface area contributed by atoms with Crippen molar-refractivity contribution in [1.82, 2.24) is 34.7 Å². The number of aromatic nitrogens is 6. The average molecular weight is 478 g/mol. The van der Waals surface area contributed by atoms with Gasteiger partial charge in [0.2, 0.25) is 0 Å². The maximum absolute atomic E-state index is 13.8. The Kier molecular flexibility index (Phi) is 5.42. The second kappa shape index (κ2) is 9.03. The van der Waals surface area contributed by atoms with Crippen molar-refractivity contribution in [2.24, 2.45) is 0 Å². The smallest absolute Gasteiger partial charge is 0.252 e. The fourth-order valence-corrected chi connectivity index (χ4v) is 4.18. The molecule has 1 N–H and O–H groups in total. The number of hydrogen-bond acceptors (Lipinski definition) is 5. The predicted octanol–water partition coefficient (Wildman–Crippen LogP) is 4.26. The first-order valence-corrected chi connectivity index (χ1v) is 11.4. The molecule has 0 aliphatic rings. The molecule has 2 aromatic carbocycles. The van der Waals surface area contributed by atoms with Crippen molar-refractivity contribution in [2.75, 3.05) is 0 Å². The van der Waals surface area contributed by atoms with Crippen molar-refractivity contribution >= 4 is 22.6 Å². The highest BCUT2D eigenvalue weighted by atomic mass is 19.1. The van der Waals surface area contributed by atoms with Gasteiger partial charge in [0, 0.05) is 11.8 Å². The molecule has 1 amide bonds. The molecule has 0 bridgehead atoms. The summed E-state index contributed by atoms with van der Waals surface area (Å²) < 4.78 is 17.3. The molecule has 9 heteroatoms. The molecule has 0 atom stereocenters. The minimum atomic E-state index is -0.317. The van der Waals surface area contributed by atoms with Gasteiger partial charge in [-0.05, 0) is 35.9 Å². The number of carbonyl (C=O) groups is 1. The van der Waals surface area contributed by atoms with Crippen molar-refractivity contribution in [3.05, 3.63) is 114 Å². The molecule has 0 aliphatic carbocycles. The quantitative estimate of drug-likeness (QED) is 0.387. The van der Waals surface area contributed by atoms with E-state index in [2.05, 4.69) is 20.6 Å². The molecular formula is C27H20FN7O. The van der Waals surface area contributed by atoms with Crippen LogP contribution in [-0.4, -0.2) is 35.3 Å². The fraction of sp³-hybridized carbons (Fsp3) is 0.0741. The summed E-state index contributed by atoms with van der Waals surface area (Å²) in [6.07, 6.45) is 3.48.